The van der Waals surface area contributed by atoms with Crippen molar-refractivity contribution in [1.29, 1.82) is 0 Å². The van der Waals surface area contributed by atoms with E-state index in [0.29, 0.717) is 23.9 Å². The molecule has 2 saturated carbocycles. The maximum atomic E-state index is 12.2. The maximum Gasteiger partial charge on any atom is 0.220 e. The number of nitrogens with one attached hydrogen (secondary N) is 2. The second-order valence-electron chi connectivity index (χ2n) is 6.74. The van der Waals surface area contributed by atoms with Crippen molar-refractivity contribution in [3.05, 3.63) is 0 Å². The van der Waals surface area contributed by atoms with E-state index in [2.05, 4.69) is 17.6 Å². The Morgan fingerprint density at radius 3 is 2.10 bits per heavy atom. The highest BCUT2D eigenvalue weighted by atomic mass is 16.1. The predicted octanol–water partition coefficient (Wildman–Crippen LogP) is 3.38. The normalized spacial score (nSPS) is 28.9. The van der Waals surface area contributed by atoms with E-state index >= 15 is 0 Å². The summed E-state index contributed by atoms with van der Waals surface area (Å²) in [6, 6.07) is 1.11. The van der Waals surface area contributed by atoms with Crippen LogP contribution in [0, 0.1) is 5.92 Å². The van der Waals surface area contributed by atoms with Gasteiger partial charge in [0.15, 0.2) is 0 Å². The molecule has 0 saturated heterocycles. The molecule has 2 aliphatic rings. The van der Waals surface area contributed by atoms with Crippen LogP contribution in [0.2, 0.25) is 0 Å². The lowest BCUT2D eigenvalue weighted by Crippen LogP contribution is -2.42. The Hall–Kier alpha value is -0.570. The largest absolute Gasteiger partial charge is 0.353 e. The monoisotopic (exact) mass is 280 g/mol. The van der Waals surface area contributed by atoms with E-state index in [1.165, 1.54) is 51.4 Å². The molecule has 3 nitrogen and oxygen atoms in total. The van der Waals surface area contributed by atoms with Gasteiger partial charge in [0, 0.05) is 18.5 Å². The van der Waals surface area contributed by atoms with Gasteiger partial charge in [-0.1, -0.05) is 32.6 Å². The standard InChI is InChI=1S/C17H32N2O/c1-2-18-15-9-11-16(12-10-15)19-17(20)13-14-7-5-3-4-6-8-14/h14-16,18H,2-13H2,1H3,(H,19,20). The summed E-state index contributed by atoms with van der Waals surface area (Å²) in [6.07, 6.45) is 13.4. The molecule has 0 atom stereocenters. The topological polar surface area (TPSA) is 41.1 Å². The fraction of sp³-hybridized carbons (Fsp3) is 0.941. The molecule has 0 heterocycles. The zero-order valence-electron chi connectivity index (χ0n) is 13.1. The Morgan fingerprint density at radius 1 is 0.900 bits per heavy atom. The first-order valence-electron chi connectivity index (χ1n) is 8.80. The molecular weight excluding hydrogens is 248 g/mol. The minimum atomic E-state index is 0.309. The molecular formula is C17H32N2O. The summed E-state index contributed by atoms with van der Waals surface area (Å²) >= 11 is 0. The molecule has 2 N–H and O–H groups in total. The number of hydrogen-bond acceptors (Lipinski definition) is 2. The highest BCUT2D eigenvalue weighted by Crippen LogP contribution is 2.26. The molecule has 0 aliphatic heterocycles. The van der Waals surface area contributed by atoms with Crippen LogP contribution < -0.4 is 10.6 Å². The van der Waals surface area contributed by atoms with Crippen molar-refractivity contribution in [3.63, 3.8) is 0 Å². The van der Waals surface area contributed by atoms with Crippen LogP contribution in [0.1, 0.15) is 77.6 Å². The van der Waals surface area contributed by atoms with Crippen molar-refractivity contribution in [2.45, 2.75) is 89.6 Å². The fourth-order valence-electron chi connectivity index (χ4n) is 3.85. The molecule has 0 bridgehead atoms. The van der Waals surface area contributed by atoms with Gasteiger partial charge in [0.1, 0.15) is 0 Å². The summed E-state index contributed by atoms with van der Waals surface area (Å²) in [4.78, 5) is 12.2. The van der Waals surface area contributed by atoms with E-state index in [1.54, 1.807) is 0 Å². The summed E-state index contributed by atoms with van der Waals surface area (Å²) in [6.45, 7) is 3.23. The van der Waals surface area contributed by atoms with Gasteiger partial charge in [-0.05, 0) is 51.0 Å². The number of rotatable bonds is 5. The third-order valence-electron chi connectivity index (χ3n) is 5.03. The molecule has 2 aliphatic carbocycles. The average Bonchev–Trinajstić information content (AvgIpc) is 2.70. The molecule has 2 fully saturated rings. The predicted molar refractivity (Wildman–Crippen MR) is 83.7 cm³/mol. The van der Waals surface area contributed by atoms with Gasteiger partial charge in [-0.15, -0.1) is 0 Å². The van der Waals surface area contributed by atoms with Crippen molar-refractivity contribution >= 4 is 5.91 Å². The molecule has 0 aromatic heterocycles. The van der Waals surface area contributed by atoms with E-state index in [4.69, 9.17) is 0 Å². The van der Waals surface area contributed by atoms with E-state index in [0.717, 1.165) is 25.8 Å². The van der Waals surface area contributed by atoms with Gasteiger partial charge in [0.25, 0.3) is 0 Å². The van der Waals surface area contributed by atoms with Crippen molar-refractivity contribution in [2.75, 3.05) is 6.54 Å². The zero-order valence-corrected chi connectivity index (χ0v) is 13.1. The average molecular weight is 280 g/mol. The summed E-state index contributed by atoms with van der Waals surface area (Å²) in [5, 5.41) is 6.80. The second-order valence-corrected chi connectivity index (χ2v) is 6.74. The lowest BCUT2D eigenvalue weighted by Gasteiger charge is -2.30. The van der Waals surface area contributed by atoms with Crippen LogP contribution in [0.3, 0.4) is 0 Å². The van der Waals surface area contributed by atoms with Gasteiger partial charge in [-0.25, -0.2) is 0 Å². The van der Waals surface area contributed by atoms with Crippen molar-refractivity contribution in [3.8, 4) is 0 Å². The van der Waals surface area contributed by atoms with Crippen LogP contribution in [0.15, 0.2) is 0 Å². The van der Waals surface area contributed by atoms with Crippen molar-refractivity contribution in [1.82, 2.24) is 10.6 Å². The first-order valence-corrected chi connectivity index (χ1v) is 8.80. The minimum absolute atomic E-state index is 0.309. The number of hydrogen-bond donors (Lipinski definition) is 2. The van der Waals surface area contributed by atoms with E-state index in [1.807, 2.05) is 0 Å². The first-order chi connectivity index (χ1) is 9.78. The minimum Gasteiger partial charge on any atom is -0.353 e. The van der Waals surface area contributed by atoms with Crippen LogP contribution in [0.5, 0.6) is 0 Å². The molecule has 0 unspecified atom stereocenters. The molecule has 0 aromatic carbocycles. The third-order valence-corrected chi connectivity index (χ3v) is 5.03. The van der Waals surface area contributed by atoms with Gasteiger partial charge in [0.05, 0.1) is 0 Å². The molecule has 0 spiro atoms. The third kappa shape index (κ3) is 5.43. The Kier molecular flexibility index (Phi) is 6.85. The maximum absolute atomic E-state index is 12.2. The first kappa shape index (κ1) is 15.8. The summed E-state index contributed by atoms with van der Waals surface area (Å²) < 4.78 is 0. The van der Waals surface area contributed by atoms with Gasteiger partial charge in [-0.3, -0.25) is 4.79 Å². The number of carbonyl (C=O) groups excluding carboxylic acids is 1. The molecule has 116 valence electrons. The molecule has 2 rings (SSSR count). The zero-order chi connectivity index (χ0) is 14.2. The smallest absolute Gasteiger partial charge is 0.220 e. The molecule has 0 aromatic rings. The Balaban J connectivity index is 1.64. The number of carbonyl (C=O) groups is 1. The van der Waals surface area contributed by atoms with E-state index in [9.17, 15) is 4.79 Å². The molecule has 1 amide bonds. The lowest BCUT2D eigenvalue weighted by molar-refractivity contribution is -0.123. The SMILES string of the molecule is CCNC1CCC(NC(=O)CC2CCCCCC2)CC1. The Bertz CT molecular complexity index is 277. The molecule has 3 heteroatoms. The van der Waals surface area contributed by atoms with Gasteiger partial charge >= 0.3 is 0 Å². The van der Waals surface area contributed by atoms with E-state index < -0.39 is 0 Å². The fourth-order valence-corrected chi connectivity index (χ4v) is 3.85. The van der Waals surface area contributed by atoms with Crippen LogP contribution in [-0.2, 0) is 4.79 Å². The van der Waals surface area contributed by atoms with E-state index in [-0.39, 0.29) is 0 Å². The Morgan fingerprint density at radius 2 is 1.50 bits per heavy atom. The molecule has 20 heavy (non-hydrogen) atoms. The highest BCUT2D eigenvalue weighted by molar-refractivity contribution is 5.76. The van der Waals surface area contributed by atoms with Crippen LogP contribution in [-0.4, -0.2) is 24.5 Å². The van der Waals surface area contributed by atoms with Gasteiger partial charge in [-0.2, -0.15) is 0 Å². The van der Waals surface area contributed by atoms with Crippen molar-refractivity contribution in [2.24, 2.45) is 5.92 Å². The number of amides is 1. The van der Waals surface area contributed by atoms with Crippen LogP contribution >= 0.6 is 0 Å². The summed E-state index contributed by atoms with van der Waals surface area (Å²) in [7, 11) is 0. The quantitative estimate of drug-likeness (QED) is 0.758. The lowest BCUT2D eigenvalue weighted by atomic mass is 9.90. The van der Waals surface area contributed by atoms with Crippen molar-refractivity contribution < 1.29 is 4.79 Å². The summed E-state index contributed by atoms with van der Waals surface area (Å²) in [5.74, 6) is 0.958. The van der Waals surface area contributed by atoms with Gasteiger partial charge < -0.3 is 10.6 Å². The Labute approximate surface area is 124 Å². The summed E-state index contributed by atoms with van der Waals surface area (Å²) in [5.41, 5.74) is 0. The second kappa shape index (κ2) is 8.66. The van der Waals surface area contributed by atoms with Crippen LogP contribution in [0.25, 0.3) is 0 Å². The molecule has 0 radical (unpaired) electrons. The van der Waals surface area contributed by atoms with Crippen LogP contribution in [0.4, 0.5) is 0 Å². The van der Waals surface area contributed by atoms with Gasteiger partial charge in [0.2, 0.25) is 5.91 Å². The highest BCUT2D eigenvalue weighted by Gasteiger charge is 2.23.